The van der Waals surface area contributed by atoms with Crippen LogP contribution in [-0.2, 0) is 0 Å². The van der Waals surface area contributed by atoms with Crippen LogP contribution in [-0.4, -0.2) is 4.98 Å². The van der Waals surface area contributed by atoms with Gasteiger partial charge in [0.2, 0.25) is 0 Å². The molecule has 2 heterocycles. The lowest BCUT2D eigenvalue weighted by atomic mass is 10.2. The molecule has 0 aliphatic carbocycles. The molecular weight excluding hydrogens is 255 g/mol. The first-order chi connectivity index (χ1) is 8.72. The van der Waals surface area contributed by atoms with Crippen molar-refractivity contribution in [2.75, 3.05) is 5.32 Å². The van der Waals surface area contributed by atoms with Crippen LogP contribution in [0, 0.1) is 5.82 Å². The molecule has 0 atom stereocenters. The number of furan rings is 1. The van der Waals surface area contributed by atoms with Crippen molar-refractivity contribution < 1.29 is 8.81 Å². The summed E-state index contributed by atoms with van der Waals surface area (Å²) in [5, 5.41) is 4.28. The molecule has 0 fully saturated rings. The molecule has 0 radical (unpaired) electrons. The highest BCUT2D eigenvalue weighted by Crippen LogP contribution is 2.29. The highest BCUT2D eigenvalue weighted by atomic mass is 35.5. The molecule has 0 bridgehead atoms. The molecule has 5 heteroatoms. The molecule has 3 aromatic rings. The summed E-state index contributed by atoms with van der Waals surface area (Å²) in [4.78, 5) is 3.96. The Morgan fingerprint density at radius 1 is 1.28 bits per heavy atom. The molecule has 1 aromatic carbocycles. The van der Waals surface area contributed by atoms with Gasteiger partial charge in [-0.1, -0.05) is 11.6 Å². The standard InChI is InChI=1S/C13H8ClFN2O/c14-8-3-9(15)5-10(4-8)17-12-7-18-13-6-16-2-1-11(12)13/h1-7,17H. The third kappa shape index (κ3) is 2.02. The zero-order chi connectivity index (χ0) is 12.5. The second-order valence-electron chi connectivity index (χ2n) is 3.80. The molecule has 0 saturated heterocycles. The number of nitrogens with one attached hydrogen (secondary N) is 1. The van der Waals surface area contributed by atoms with Crippen molar-refractivity contribution in [1.29, 1.82) is 0 Å². The van der Waals surface area contributed by atoms with Crippen molar-refractivity contribution in [3.63, 3.8) is 0 Å². The first kappa shape index (κ1) is 11.0. The van der Waals surface area contributed by atoms with Gasteiger partial charge in [-0.15, -0.1) is 0 Å². The van der Waals surface area contributed by atoms with Crippen molar-refractivity contribution in [2.45, 2.75) is 0 Å². The van der Waals surface area contributed by atoms with E-state index in [1.54, 1.807) is 24.7 Å². The number of aromatic nitrogens is 1. The van der Waals surface area contributed by atoms with E-state index in [0.29, 0.717) is 16.3 Å². The van der Waals surface area contributed by atoms with Gasteiger partial charge >= 0.3 is 0 Å². The van der Waals surface area contributed by atoms with E-state index in [2.05, 4.69) is 10.3 Å². The molecule has 0 aliphatic heterocycles. The molecule has 18 heavy (non-hydrogen) atoms. The number of rotatable bonds is 2. The van der Waals surface area contributed by atoms with Gasteiger partial charge in [-0.05, 0) is 24.3 Å². The lowest BCUT2D eigenvalue weighted by Gasteiger charge is -2.04. The van der Waals surface area contributed by atoms with Crippen molar-refractivity contribution >= 4 is 33.9 Å². The second-order valence-corrected chi connectivity index (χ2v) is 4.24. The van der Waals surface area contributed by atoms with Crippen LogP contribution >= 0.6 is 11.6 Å². The molecule has 3 rings (SSSR count). The normalized spacial score (nSPS) is 10.8. The Morgan fingerprint density at radius 3 is 3.00 bits per heavy atom. The second kappa shape index (κ2) is 4.31. The highest BCUT2D eigenvalue weighted by Gasteiger charge is 2.06. The fourth-order valence-electron chi connectivity index (χ4n) is 1.76. The van der Waals surface area contributed by atoms with E-state index >= 15 is 0 Å². The Bertz CT molecular complexity index is 691. The topological polar surface area (TPSA) is 38.1 Å². The summed E-state index contributed by atoms with van der Waals surface area (Å²) in [6, 6.07) is 6.09. The molecule has 90 valence electrons. The maximum atomic E-state index is 13.2. The number of pyridine rings is 1. The van der Waals surface area contributed by atoms with Crippen LogP contribution in [0.3, 0.4) is 0 Å². The Morgan fingerprint density at radius 2 is 2.17 bits per heavy atom. The maximum absolute atomic E-state index is 13.2. The number of hydrogen-bond donors (Lipinski definition) is 1. The lowest BCUT2D eigenvalue weighted by Crippen LogP contribution is -1.90. The Hall–Kier alpha value is -2.07. The zero-order valence-corrected chi connectivity index (χ0v) is 9.91. The number of fused-ring (bicyclic) bond motifs is 1. The van der Waals surface area contributed by atoms with Crippen LogP contribution in [0.5, 0.6) is 0 Å². The monoisotopic (exact) mass is 262 g/mol. The molecular formula is C13H8ClFN2O. The number of halogens is 2. The summed E-state index contributed by atoms with van der Waals surface area (Å²) < 4.78 is 18.5. The number of hydrogen-bond acceptors (Lipinski definition) is 3. The third-order valence-electron chi connectivity index (χ3n) is 2.52. The molecule has 0 amide bonds. The molecule has 0 spiro atoms. The average Bonchev–Trinajstić information content (AvgIpc) is 2.72. The van der Waals surface area contributed by atoms with E-state index in [1.807, 2.05) is 6.07 Å². The Balaban J connectivity index is 2.01. The van der Waals surface area contributed by atoms with Crippen LogP contribution in [0.1, 0.15) is 0 Å². The first-order valence-electron chi connectivity index (χ1n) is 5.27. The van der Waals surface area contributed by atoms with Crippen molar-refractivity contribution in [3.05, 3.63) is 53.8 Å². The summed E-state index contributed by atoms with van der Waals surface area (Å²) in [5.41, 5.74) is 1.98. The van der Waals surface area contributed by atoms with Gasteiger partial charge in [0.1, 0.15) is 12.1 Å². The van der Waals surface area contributed by atoms with Crippen LogP contribution < -0.4 is 5.32 Å². The van der Waals surface area contributed by atoms with E-state index in [4.69, 9.17) is 16.0 Å². The molecule has 2 aromatic heterocycles. The van der Waals surface area contributed by atoms with E-state index in [-0.39, 0.29) is 5.82 Å². The van der Waals surface area contributed by atoms with Crippen LogP contribution in [0.15, 0.2) is 47.3 Å². The lowest BCUT2D eigenvalue weighted by molar-refractivity contribution is 0.615. The summed E-state index contributed by atoms with van der Waals surface area (Å²) in [6.45, 7) is 0. The van der Waals surface area contributed by atoms with Gasteiger partial charge in [-0.25, -0.2) is 4.39 Å². The minimum atomic E-state index is -0.389. The number of nitrogens with zero attached hydrogens (tertiary/aromatic N) is 1. The quantitative estimate of drug-likeness (QED) is 0.745. The average molecular weight is 263 g/mol. The Kier molecular flexibility index (Phi) is 2.64. The van der Waals surface area contributed by atoms with E-state index in [9.17, 15) is 4.39 Å². The van der Waals surface area contributed by atoms with Crippen molar-refractivity contribution in [3.8, 4) is 0 Å². The zero-order valence-electron chi connectivity index (χ0n) is 9.15. The van der Waals surface area contributed by atoms with Crippen LogP contribution in [0.25, 0.3) is 11.0 Å². The third-order valence-corrected chi connectivity index (χ3v) is 2.74. The van der Waals surface area contributed by atoms with Gasteiger partial charge in [-0.2, -0.15) is 0 Å². The maximum Gasteiger partial charge on any atom is 0.154 e. The van der Waals surface area contributed by atoms with E-state index in [0.717, 1.165) is 11.1 Å². The number of benzene rings is 1. The summed E-state index contributed by atoms with van der Waals surface area (Å²) in [6.07, 6.45) is 4.85. The summed E-state index contributed by atoms with van der Waals surface area (Å²) in [5.74, 6) is -0.389. The minimum absolute atomic E-state index is 0.340. The van der Waals surface area contributed by atoms with Crippen molar-refractivity contribution in [1.82, 2.24) is 4.98 Å². The molecule has 0 aliphatic rings. The predicted molar refractivity (Wildman–Crippen MR) is 68.7 cm³/mol. The Labute approximate surface area is 107 Å². The van der Waals surface area contributed by atoms with E-state index in [1.165, 1.54) is 12.1 Å². The van der Waals surface area contributed by atoms with Crippen molar-refractivity contribution in [2.24, 2.45) is 0 Å². The fraction of sp³-hybridized carbons (Fsp3) is 0. The van der Waals surface area contributed by atoms with Gasteiger partial charge in [0, 0.05) is 22.3 Å². The number of anilines is 2. The summed E-state index contributed by atoms with van der Waals surface area (Å²) in [7, 11) is 0. The van der Waals surface area contributed by atoms with Gasteiger partial charge in [0.15, 0.2) is 5.58 Å². The van der Waals surface area contributed by atoms with Gasteiger partial charge < -0.3 is 9.73 Å². The SMILES string of the molecule is Fc1cc(Cl)cc(Nc2coc3cnccc23)c1. The van der Waals surface area contributed by atoms with Gasteiger partial charge in [-0.3, -0.25) is 4.98 Å². The van der Waals surface area contributed by atoms with Gasteiger partial charge in [0.05, 0.1) is 11.9 Å². The predicted octanol–water partition coefficient (Wildman–Crippen LogP) is 4.36. The molecule has 1 N–H and O–H groups in total. The fourth-order valence-corrected chi connectivity index (χ4v) is 1.98. The largest absolute Gasteiger partial charge is 0.460 e. The molecule has 0 unspecified atom stereocenters. The van der Waals surface area contributed by atoms with Crippen LogP contribution in [0.2, 0.25) is 5.02 Å². The summed E-state index contributed by atoms with van der Waals surface area (Å²) >= 11 is 5.80. The molecule has 0 saturated carbocycles. The smallest absolute Gasteiger partial charge is 0.154 e. The first-order valence-corrected chi connectivity index (χ1v) is 5.64. The van der Waals surface area contributed by atoms with Gasteiger partial charge in [0.25, 0.3) is 0 Å². The molecule has 3 nitrogen and oxygen atoms in total. The van der Waals surface area contributed by atoms with Crippen LogP contribution in [0.4, 0.5) is 15.8 Å². The minimum Gasteiger partial charge on any atom is -0.460 e. The highest BCUT2D eigenvalue weighted by molar-refractivity contribution is 6.30. The van der Waals surface area contributed by atoms with E-state index < -0.39 is 0 Å².